The highest BCUT2D eigenvalue weighted by Crippen LogP contribution is 2.03. The topological polar surface area (TPSA) is 39.0 Å². The minimum atomic E-state index is 0.113. The summed E-state index contributed by atoms with van der Waals surface area (Å²) in [7, 11) is 1.98. The Morgan fingerprint density at radius 3 is 2.47 bits per heavy atom. The van der Waals surface area contributed by atoms with E-state index in [-0.39, 0.29) is 11.7 Å². The van der Waals surface area contributed by atoms with Crippen molar-refractivity contribution in [1.29, 1.82) is 0 Å². The van der Waals surface area contributed by atoms with Crippen LogP contribution < -0.4 is 11.0 Å². The Kier molecular flexibility index (Phi) is 5.48. The van der Waals surface area contributed by atoms with Crippen LogP contribution in [0.5, 0.6) is 0 Å². The van der Waals surface area contributed by atoms with Gasteiger partial charge in [0.1, 0.15) is 0 Å². The molecule has 17 heavy (non-hydrogen) atoms. The molecule has 1 aromatic heterocycles. The number of imidazole rings is 1. The maximum absolute atomic E-state index is 11.9. The molecule has 0 aliphatic carbocycles. The number of nitrogens with zero attached hydrogens (tertiary/aromatic N) is 2. The fourth-order valence-electron chi connectivity index (χ4n) is 1.87. The van der Waals surface area contributed by atoms with E-state index in [1.807, 2.05) is 37.9 Å². The zero-order valence-corrected chi connectivity index (χ0v) is 11.4. The van der Waals surface area contributed by atoms with Gasteiger partial charge in [0.15, 0.2) is 0 Å². The molecular weight excluding hydrogens is 214 g/mol. The first-order valence-corrected chi connectivity index (χ1v) is 6.50. The van der Waals surface area contributed by atoms with Crippen molar-refractivity contribution in [3.05, 3.63) is 22.9 Å². The average molecular weight is 239 g/mol. The zero-order chi connectivity index (χ0) is 12.8. The molecule has 0 bridgehead atoms. The summed E-state index contributed by atoms with van der Waals surface area (Å²) >= 11 is 0. The van der Waals surface area contributed by atoms with Gasteiger partial charge in [-0.15, -0.1) is 0 Å². The fraction of sp³-hybridized carbons (Fsp3) is 0.769. The summed E-state index contributed by atoms with van der Waals surface area (Å²) in [6, 6.07) is 0.806. The summed E-state index contributed by atoms with van der Waals surface area (Å²) in [6.07, 6.45) is 7.15. The lowest BCUT2D eigenvalue weighted by molar-refractivity contribution is 0.492. The molecule has 98 valence electrons. The largest absolute Gasteiger partial charge is 0.328 e. The maximum atomic E-state index is 11.9. The molecule has 4 nitrogen and oxygen atoms in total. The molecule has 0 saturated carbocycles. The third-order valence-electron chi connectivity index (χ3n) is 3.21. The quantitative estimate of drug-likeness (QED) is 0.739. The lowest BCUT2D eigenvalue weighted by atomic mass is 10.1. The minimum absolute atomic E-state index is 0.113. The van der Waals surface area contributed by atoms with Crippen molar-refractivity contribution in [2.75, 3.05) is 7.05 Å². The lowest BCUT2D eigenvalue weighted by Crippen LogP contribution is -2.25. The van der Waals surface area contributed by atoms with Crippen molar-refractivity contribution in [1.82, 2.24) is 14.5 Å². The molecule has 0 spiro atoms. The maximum Gasteiger partial charge on any atom is 0.328 e. The van der Waals surface area contributed by atoms with Crippen molar-refractivity contribution >= 4 is 0 Å². The van der Waals surface area contributed by atoms with Crippen LogP contribution in [0.25, 0.3) is 0 Å². The Morgan fingerprint density at radius 2 is 1.94 bits per heavy atom. The molecule has 0 fully saturated rings. The second-order valence-electron chi connectivity index (χ2n) is 4.96. The van der Waals surface area contributed by atoms with Crippen LogP contribution >= 0.6 is 0 Å². The average Bonchev–Trinajstić information content (AvgIpc) is 2.66. The van der Waals surface area contributed by atoms with Crippen LogP contribution in [0, 0.1) is 0 Å². The highest BCUT2D eigenvalue weighted by molar-refractivity contribution is 4.83. The monoisotopic (exact) mass is 239 g/mol. The van der Waals surface area contributed by atoms with Gasteiger partial charge in [-0.05, 0) is 40.7 Å². The van der Waals surface area contributed by atoms with Crippen molar-refractivity contribution in [2.45, 2.75) is 58.7 Å². The van der Waals surface area contributed by atoms with E-state index in [9.17, 15) is 4.79 Å². The van der Waals surface area contributed by atoms with Gasteiger partial charge in [0, 0.05) is 31.0 Å². The highest BCUT2D eigenvalue weighted by Gasteiger charge is 2.05. The molecule has 0 saturated heterocycles. The second-order valence-corrected chi connectivity index (χ2v) is 4.96. The van der Waals surface area contributed by atoms with E-state index >= 15 is 0 Å². The molecule has 1 unspecified atom stereocenters. The Morgan fingerprint density at radius 1 is 1.24 bits per heavy atom. The normalized spacial score (nSPS) is 13.2. The van der Waals surface area contributed by atoms with Crippen LogP contribution in [-0.2, 0) is 6.54 Å². The molecular formula is C13H25N3O. The number of hydrogen-bond acceptors (Lipinski definition) is 2. The van der Waals surface area contributed by atoms with Gasteiger partial charge in [0.25, 0.3) is 0 Å². The molecule has 0 aliphatic heterocycles. The smallest absolute Gasteiger partial charge is 0.317 e. The Hall–Kier alpha value is -1.03. The third kappa shape index (κ3) is 4.04. The van der Waals surface area contributed by atoms with Crippen molar-refractivity contribution in [3.63, 3.8) is 0 Å². The van der Waals surface area contributed by atoms with E-state index in [0.29, 0.717) is 6.04 Å². The molecule has 1 heterocycles. The number of unbranched alkanes of at least 4 members (excludes halogenated alkanes) is 1. The fourth-order valence-corrected chi connectivity index (χ4v) is 1.87. The van der Waals surface area contributed by atoms with Gasteiger partial charge in [-0.1, -0.05) is 6.42 Å². The van der Waals surface area contributed by atoms with Crippen LogP contribution in [0.15, 0.2) is 17.2 Å². The van der Waals surface area contributed by atoms with Gasteiger partial charge in [0.05, 0.1) is 0 Å². The summed E-state index contributed by atoms with van der Waals surface area (Å²) in [6.45, 7) is 7.07. The highest BCUT2D eigenvalue weighted by atomic mass is 16.1. The predicted molar refractivity (Wildman–Crippen MR) is 71.4 cm³/mol. The van der Waals surface area contributed by atoms with Gasteiger partial charge in [-0.3, -0.25) is 9.13 Å². The standard InChI is InChI=1S/C13H25N3O/c1-11(2)16-10-9-15(13(16)17)8-6-5-7-12(3)14-4/h9-12,14H,5-8H2,1-4H3. The summed E-state index contributed by atoms with van der Waals surface area (Å²) in [5.41, 5.74) is 0.113. The Labute approximate surface area is 104 Å². The van der Waals surface area contributed by atoms with E-state index in [4.69, 9.17) is 0 Å². The SMILES string of the molecule is CNC(C)CCCCn1ccn(C(C)C)c1=O. The van der Waals surface area contributed by atoms with Crippen LogP contribution in [0.1, 0.15) is 46.1 Å². The first-order chi connectivity index (χ1) is 8.06. The second kappa shape index (κ2) is 6.64. The minimum Gasteiger partial charge on any atom is -0.317 e. The van der Waals surface area contributed by atoms with Gasteiger partial charge >= 0.3 is 5.69 Å². The number of nitrogens with one attached hydrogen (secondary N) is 1. The predicted octanol–water partition coefficient (Wildman–Crippen LogP) is 2.01. The molecule has 1 atom stereocenters. The number of aromatic nitrogens is 2. The van der Waals surface area contributed by atoms with Gasteiger partial charge in [-0.25, -0.2) is 4.79 Å². The number of aryl methyl sites for hydroxylation is 1. The molecule has 1 N–H and O–H groups in total. The van der Waals surface area contributed by atoms with Crippen LogP contribution in [0.3, 0.4) is 0 Å². The van der Waals surface area contributed by atoms with E-state index in [2.05, 4.69) is 12.2 Å². The summed E-state index contributed by atoms with van der Waals surface area (Å²) in [4.78, 5) is 11.9. The van der Waals surface area contributed by atoms with Gasteiger partial charge in [0.2, 0.25) is 0 Å². The van der Waals surface area contributed by atoms with E-state index in [1.54, 1.807) is 4.57 Å². The molecule has 1 rings (SSSR count). The van der Waals surface area contributed by atoms with Gasteiger partial charge < -0.3 is 5.32 Å². The first-order valence-electron chi connectivity index (χ1n) is 6.50. The van der Waals surface area contributed by atoms with Crippen LogP contribution in [-0.4, -0.2) is 22.2 Å². The number of hydrogen-bond donors (Lipinski definition) is 1. The zero-order valence-electron chi connectivity index (χ0n) is 11.4. The summed E-state index contributed by atoms with van der Waals surface area (Å²) in [5.74, 6) is 0. The molecule has 0 radical (unpaired) electrons. The molecule has 0 aliphatic rings. The molecule has 0 aromatic carbocycles. The van der Waals surface area contributed by atoms with Crippen molar-refractivity contribution < 1.29 is 0 Å². The van der Waals surface area contributed by atoms with Gasteiger partial charge in [-0.2, -0.15) is 0 Å². The summed E-state index contributed by atoms with van der Waals surface area (Å²) < 4.78 is 3.58. The number of rotatable bonds is 7. The summed E-state index contributed by atoms with van der Waals surface area (Å²) in [5, 5.41) is 3.22. The van der Waals surface area contributed by atoms with Crippen molar-refractivity contribution in [3.8, 4) is 0 Å². The first kappa shape index (κ1) is 14.0. The van der Waals surface area contributed by atoms with E-state index in [1.165, 1.54) is 0 Å². The Balaban J connectivity index is 2.40. The van der Waals surface area contributed by atoms with Crippen LogP contribution in [0.4, 0.5) is 0 Å². The molecule has 1 aromatic rings. The van der Waals surface area contributed by atoms with E-state index < -0.39 is 0 Å². The Bertz CT molecular complexity index is 378. The lowest BCUT2D eigenvalue weighted by Gasteiger charge is -2.09. The molecule has 4 heteroatoms. The third-order valence-corrected chi connectivity index (χ3v) is 3.21. The van der Waals surface area contributed by atoms with Crippen LogP contribution in [0.2, 0.25) is 0 Å². The molecule has 0 amide bonds. The van der Waals surface area contributed by atoms with Crippen molar-refractivity contribution in [2.24, 2.45) is 0 Å². The van der Waals surface area contributed by atoms with E-state index in [0.717, 1.165) is 25.8 Å².